The van der Waals surface area contributed by atoms with Gasteiger partial charge in [0.05, 0.1) is 12.3 Å². The quantitative estimate of drug-likeness (QED) is 0.231. The van der Waals surface area contributed by atoms with Crippen molar-refractivity contribution in [2.75, 3.05) is 13.1 Å². The molecule has 10 heteroatoms. The Morgan fingerprint density at radius 1 is 0.891 bits per heavy atom. The summed E-state index contributed by atoms with van der Waals surface area (Å²) >= 11 is 0. The fourth-order valence-electron chi connectivity index (χ4n) is 6.76. The minimum absolute atomic E-state index is 0.0147. The zero-order valence-corrected chi connectivity index (χ0v) is 27.3. The molecule has 2 aliphatic carbocycles. The fourth-order valence-corrected chi connectivity index (χ4v) is 7.84. The zero-order valence-electron chi connectivity index (χ0n) is 26.5. The van der Waals surface area contributed by atoms with E-state index in [1.807, 2.05) is 24.5 Å². The molecule has 3 aromatic rings. The zero-order chi connectivity index (χ0) is 32.5. The van der Waals surface area contributed by atoms with Crippen LogP contribution in [0.15, 0.2) is 73.1 Å². The number of carboxylic acid groups (broad SMARTS) is 1. The molecule has 244 valence electrons. The van der Waals surface area contributed by atoms with Crippen molar-refractivity contribution in [1.82, 2.24) is 19.6 Å². The Kier molecular flexibility index (Phi) is 11.4. The topological polar surface area (TPSA) is 130 Å². The molecule has 1 amide bonds. The first-order chi connectivity index (χ1) is 22.2. The summed E-state index contributed by atoms with van der Waals surface area (Å²) in [6.07, 6.45) is 16.5. The van der Waals surface area contributed by atoms with Crippen molar-refractivity contribution in [3.05, 3.63) is 89.8 Å². The molecule has 0 spiro atoms. The first kappa shape index (κ1) is 33.5. The number of sulfonamides is 1. The second-order valence-electron chi connectivity index (χ2n) is 12.7. The van der Waals surface area contributed by atoms with Crippen LogP contribution < -0.4 is 4.72 Å². The molecule has 2 aromatic carbocycles. The van der Waals surface area contributed by atoms with E-state index in [9.17, 15) is 23.1 Å². The second-order valence-corrected chi connectivity index (χ2v) is 14.5. The number of aliphatic carboxylic acids is 1. The highest BCUT2D eigenvalue weighted by Crippen LogP contribution is 2.41. The number of carbonyl (C=O) groups is 2. The lowest BCUT2D eigenvalue weighted by Crippen LogP contribution is -2.42. The van der Waals surface area contributed by atoms with Crippen LogP contribution in [0.2, 0.25) is 0 Å². The number of nitrogens with zero attached hydrogens (tertiary/aromatic N) is 3. The molecule has 0 aliphatic heterocycles. The summed E-state index contributed by atoms with van der Waals surface area (Å²) in [6, 6.07) is 15.9. The van der Waals surface area contributed by atoms with Gasteiger partial charge in [-0.05, 0) is 66.6 Å². The van der Waals surface area contributed by atoms with Crippen LogP contribution in [0.5, 0.6) is 0 Å². The van der Waals surface area contributed by atoms with E-state index in [2.05, 4.69) is 27.7 Å². The fraction of sp³-hybridized carbons (Fsp3) is 0.444. The van der Waals surface area contributed by atoms with Gasteiger partial charge in [0.15, 0.2) is 5.82 Å². The number of carboxylic acids is 1. The molecule has 9 nitrogen and oxygen atoms in total. The third-order valence-electron chi connectivity index (χ3n) is 9.52. The summed E-state index contributed by atoms with van der Waals surface area (Å²) in [5.74, 6) is 1.09. The molecule has 0 radical (unpaired) electrons. The summed E-state index contributed by atoms with van der Waals surface area (Å²) in [5.41, 5.74) is 4.48. The molecule has 0 saturated heterocycles. The maximum absolute atomic E-state index is 12.9. The Morgan fingerprint density at radius 2 is 1.59 bits per heavy atom. The third kappa shape index (κ3) is 9.33. The van der Waals surface area contributed by atoms with E-state index in [0.717, 1.165) is 46.6 Å². The van der Waals surface area contributed by atoms with Crippen LogP contribution in [0, 0.1) is 17.8 Å². The molecule has 1 unspecified atom stereocenters. The Hall–Kier alpha value is -3.89. The number of nitrogens with one attached hydrogen (secondary N) is 1. The van der Waals surface area contributed by atoms with Crippen LogP contribution in [0.3, 0.4) is 0 Å². The van der Waals surface area contributed by atoms with Crippen molar-refractivity contribution in [2.24, 2.45) is 17.8 Å². The van der Waals surface area contributed by atoms with Crippen molar-refractivity contribution in [2.45, 2.75) is 70.6 Å². The molecule has 5 rings (SSSR count). The average molecular weight is 645 g/mol. The molecule has 0 bridgehead atoms. The van der Waals surface area contributed by atoms with Gasteiger partial charge in [-0.1, -0.05) is 86.9 Å². The molecule has 2 N–H and O–H groups in total. The second kappa shape index (κ2) is 15.6. The number of carbonyl (C=O) groups excluding carboxylic acids is 1. The van der Waals surface area contributed by atoms with E-state index < -0.39 is 35.0 Å². The lowest BCUT2D eigenvalue weighted by molar-refractivity contribution is -0.144. The molecule has 2 aliphatic rings. The van der Waals surface area contributed by atoms with E-state index in [4.69, 9.17) is 0 Å². The summed E-state index contributed by atoms with van der Waals surface area (Å²) in [4.78, 5) is 34.7. The normalized spacial score (nSPS) is 20.1. The van der Waals surface area contributed by atoms with Gasteiger partial charge in [-0.2, -0.15) is 0 Å². The molecule has 46 heavy (non-hydrogen) atoms. The predicted molar refractivity (Wildman–Crippen MR) is 179 cm³/mol. The van der Waals surface area contributed by atoms with Crippen molar-refractivity contribution >= 4 is 27.5 Å². The highest BCUT2D eigenvalue weighted by Gasteiger charge is 2.28. The number of benzene rings is 2. The van der Waals surface area contributed by atoms with Crippen molar-refractivity contribution < 1.29 is 23.1 Å². The first-order valence-electron chi connectivity index (χ1n) is 16.3. The largest absolute Gasteiger partial charge is 0.480 e. The lowest BCUT2D eigenvalue weighted by atomic mass is 9.71. The molecule has 1 atom stereocenters. The van der Waals surface area contributed by atoms with Crippen LogP contribution >= 0.6 is 0 Å². The monoisotopic (exact) mass is 644 g/mol. The predicted octanol–water partition coefficient (Wildman–Crippen LogP) is 6.08. The molecule has 1 heterocycles. The number of aromatic nitrogens is 2. The molecular formula is C36H44N4O5S. The number of hydrogen-bond acceptors (Lipinski definition) is 6. The smallest absolute Gasteiger partial charge is 0.323 e. The van der Waals surface area contributed by atoms with Crippen LogP contribution in [0.1, 0.15) is 75.0 Å². The Balaban J connectivity index is 1.15. The highest BCUT2D eigenvalue weighted by molar-refractivity contribution is 7.88. The van der Waals surface area contributed by atoms with Gasteiger partial charge in [-0.25, -0.2) is 23.1 Å². The number of hydrogen-bond donors (Lipinski definition) is 2. The van der Waals surface area contributed by atoms with Crippen LogP contribution in [-0.2, 0) is 31.9 Å². The third-order valence-corrected chi connectivity index (χ3v) is 10.8. The summed E-state index contributed by atoms with van der Waals surface area (Å²) in [7, 11) is -3.78. The maximum Gasteiger partial charge on any atom is 0.323 e. The Bertz CT molecular complexity index is 1600. The van der Waals surface area contributed by atoms with Gasteiger partial charge in [-0.3, -0.25) is 9.59 Å². The van der Waals surface area contributed by atoms with Gasteiger partial charge < -0.3 is 10.0 Å². The molecule has 1 saturated carbocycles. The van der Waals surface area contributed by atoms with Crippen molar-refractivity contribution in [3.8, 4) is 11.4 Å². The van der Waals surface area contributed by atoms with Gasteiger partial charge in [0.2, 0.25) is 15.9 Å². The summed E-state index contributed by atoms with van der Waals surface area (Å²) < 4.78 is 27.2. The van der Waals surface area contributed by atoms with E-state index in [1.54, 1.807) is 42.5 Å². The Labute approximate surface area is 272 Å². The van der Waals surface area contributed by atoms with Gasteiger partial charge in [0.25, 0.3) is 0 Å². The van der Waals surface area contributed by atoms with Gasteiger partial charge in [0, 0.05) is 30.1 Å². The van der Waals surface area contributed by atoms with Gasteiger partial charge in [0.1, 0.15) is 6.54 Å². The standard InChI is InChI=1S/C36H44N4O5S/c1-2-26-8-12-29(13-9-26)30-16-18-31(19-17-30)33-20-37-36(38-21-33)32-14-10-27(11-15-32)23-40(24-35(42)43)34(41)22-39-46(44,45)25-28-6-4-3-5-7-28/h3-7,10-11,14-15,18,20-21,26,29-30,39H,2,8-9,12-13,16-17,19,22-25H2,1H3,(H,42,43)/t26-,29-,30?. The van der Waals surface area contributed by atoms with Crippen LogP contribution in [0.4, 0.5) is 0 Å². The molecular weight excluding hydrogens is 600 g/mol. The van der Waals surface area contributed by atoms with Crippen LogP contribution in [0.25, 0.3) is 17.0 Å². The minimum Gasteiger partial charge on any atom is -0.480 e. The average Bonchev–Trinajstić information content (AvgIpc) is 3.07. The van der Waals surface area contributed by atoms with Crippen molar-refractivity contribution in [1.29, 1.82) is 0 Å². The summed E-state index contributed by atoms with van der Waals surface area (Å²) in [6.45, 7) is 1.25. The SMILES string of the molecule is CC[C@H]1CC[C@H](C2CC=C(c3cnc(-c4ccc(CN(CC(=O)O)C(=O)CNS(=O)(=O)Cc5ccccc5)cc4)nc3)CC2)CC1. The van der Waals surface area contributed by atoms with E-state index in [-0.39, 0.29) is 12.3 Å². The van der Waals surface area contributed by atoms with Crippen LogP contribution in [-0.4, -0.2) is 53.4 Å². The van der Waals surface area contributed by atoms with E-state index in [0.29, 0.717) is 17.0 Å². The highest BCUT2D eigenvalue weighted by atomic mass is 32.2. The number of rotatable bonds is 13. The van der Waals surface area contributed by atoms with Gasteiger partial charge >= 0.3 is 5.97 Å². The lowest BCUT2D eigenvalue weighted by Gasteiger charge is -2.35. The minimum atomic E-state index is -3.78. The first-order valence-corrected chi connectivity index (χ1v) is 18.0. The molecule has 1 fully saturated rings. The maximum atomic E-state index is 12.9. The number of allylic oxidation sites excluding steroid dienone is 2. The number of amides is 1. The van der Waals surface area contributed by atoms with E-state index >= 15 is 0 Å². The Morgan fingerprint density at radius 3 is 2.20 bits per heavy atom. The molecule has 1 aromatic heterocycles. The van der Waals surface area contributed by atoms with E-state index in [1.165, 1.54) is 44.1 Å². The summed E-state index contributed by atoms with van der Waals surface area (Å²) in [5, 5.41) is 9.38. The van der Waals surface area contributed by atoms with Crippen molar-refractivity contribution in [3.63, 3.8) is 0 Å². The van der Waals surface area contributed by atoms with Gasteiger partial charge in [-0.15, -0.1) is 0 Å².